The van der Waals surface area contributed by atoms with Crippen LogP contribution in [-0.2, 0) is 12.0 Å². The van der Waals surface area contributed by atoms with Crippen molar-refractivity contribution < 1.29 is 0 Å². The molecule has 0 amide bonds. The highest BCUT2D eigenvalue weighted by molar-refractivity contribution is 5.79. The van der Waals surface area contributed by atoms with Crippen molar-refractivity contribution >= 4 is 16.7 Å². The standard InChI is InChI=1S/C15H23N3/c1-5-6-9-18-13-8-7-11(16)10-12(13)17-14(18)15(2,3)4/h7-8,10H,5-6,9,16H2,1-4H3. The van der Waals surface area contributed by atoms with Crippen molar-refractivity contribution in [1.82, 2.24) is 9.55 Å². The Morgan fingerprint density at radius 2 is 2.00 bits per heavy atom. The van der Waals surface area contributed by atoms with Crippen molar-refractivity contribution in [2.24, 2.45) is 0 Å². The summed E-state index contributed by atoms with van der Waals surface area (Å²) in [6.07, 6.45) is 2.37. The van der Waals surface area contributed by atoms with E-state index in [0.717, 1.165) is 23.6 Å². The van der Waals surface area contributed by atoms with Gasteiger partial charge in [-0.1, -0.05) is 34.1 Å². The van der Waals surface area contributed by atoms with Crippen LogP contribution in [0.1, 0.15) is 46.4 Å². The summed E-state index contributed by atoms with van der Waals surface area (Å²) in [5.41, 5.74) is 8.89. The number of hydrogen-bond acceptors (Lipinski definition) is 2. The number of aromatic nitrogens is 2. The van der Waals surface area contributed by atoms with Gasteiger partial charge in [-0.2, -0.15) is 0 Å². The smallest absolute Gasteiger partial charge is 0.115 e. The summed E-state index contributed by atoms with van der Waals surface area (Å²) in [5.74, 6) is 1.15. The Hall–Kier alpha value is -1.51. The van der Waals surface area contributed by atoms with E-state index in [1.165, 1.54) is 18.4 Å². The molecule has 1 heterocycles. The number of nitrogens with zero attached hydrogens (tertiary/aromatic N) is 2. The molecule has 1 aromatic heterocycles. The molecule has 0 atom stereocenters. The van der Waals surface area contributed by atoms with Crippen LogP contribution in [0.4, 0.5) is 5.69 Å². The molecule has 0 fully saturated rings. The number of rotatable bonds is 3. The van der Waals surface area contributed by atoms with Gasteiger partial charge in [0.25, 0.3) is 0 Å². The van der Waals surface area contributed by atoms with E-state index in [-0.39, 0.29) is 5.41 Å². The minimum atomic E-state index is 0.0571. The van der Waals surface area contributed by atoms with Gasteiger partial charge in [0, 0.05) is 17.6 Å². The first-order valence-electron chi connectivity index (χ1n) is 6.69. The van der Waals surface area contributed by atoms with E-state index < -0.39 is 0 Å². The maximum atomic E-state index is 5.84. The second kappa shape index (κ2) is 4.63. The van der Waals surface area contributed by atoms with Gasteiger partial charge in [0.15, 0.2) is 0 Å². The van der Waals surface area contributed by atoms with Gasteiger partial charge in [-0.25, -0.2) is 4.98 Å². The molecule has 0 spiro atoms. The number of fused-ring (bicyclic) bond motifs is 1. The molecule has 0 bridgehead atoms. The second-order valence-corrected chi connectivity index (χ2v) is 5.94. The minimum absolute atomic E-state index is 0.0571. The van der Waals surface area contributed by atoms with Crippen LogP contribution in [-0.4, -0.2) is 9.55 Å². The first-order chi connectivity index (χ1) is 8.43. The molecule has 0 radical (unpaired) electrons. The Kier molecular flexibility index (Phi) is 3.33. The predicted octanol–water partition coefficient (Wildman–Crippen LogP) is 3.72. The van der Waals surface area contributed by atoms with Gasteiger partial charge in [0.2, 0.25) is 0 Å². The lowest BCUT2D eigenvalue weighted by molar-refractivity contribution is 0.495. The van der Waals surface area contributed by atoms with Crippen LogP contribution in [0.2, 0.25) is 0 Å². The first-order valence-corrected chi connectivity index (χ1v) is 6.69. The van der Waals surface area contributed by atoms with Crippen molar-refractivity contribution in [1.29, 1.82) is 0 Å². The molecule has 18 heavy (non-hydrogen) atoms. The molecule has 0 aliphatic heterocycles. The molecule has 0 unspecified atom stereocenters. The molecule has 1 aromatic carbocycles. The summed E-state index contributed by atoms with van der Waals surface area (Å²) in [6, 6.07) is 6.01. The highest BCUT2D eigenvalue weighted by Crippen LogP contribution is 2.27. The average molecular weight is 245 g/mol. The van der Waals surface area contributed by atoms with Crippen LogP contribution in [0, 0.1) is 0 Å². The van der Waals surface area contributed by atoms with Crippen LogP contribution in [0.25, 0.3) is 11.0 Å². The van der Waals surface area contributed by atoms with E-state index in [1.54, 1.807) is 0 Å². The highest BCUT2D eigenvalue weighted by atomic mass is 15.1. The van der Waals surface area contributed by atoms with Crippen molar-refractivity contribution in [2.75, 3.05) is 5.73 Å². The molecular weight excluding hydrogens is 222 g/mol. The Labute approximate surface area is 109 Å². The van der Waals surface area contributed by atoms with Gasteiger partial charge in [-0.05, 0) is 24.6 Å². The van der Waals surface area contributed by atoms with Gasteiger partial charge < -0.3 is 10.3 Å². The van der Waals surface area contributed by atoms with Crippen LogP contribution < -0.4 is 5.73 Å². The molecule has 0 saturated carbocycles. The van der Waals surface area contributed by atoms with Crippen LogP contribution in [0.3, 0.4) is 0 Å². The Bertz CT molecular complexity index is 547. The zero-order chi connectivity index (χ0) is 13.3. The van der Waals surface area contributed by atoms with E-state index in [2.05, 4.69) is 38.3 Å². The molecule has 2 aromatic rings. The number of anilines is 1. The molecule has 2 N–H and O–H groups in total. The molecule has 2 rings (SSSR count). The van der Waals surface area contributed by atoms with E-state index in [9.17, 15) is 0 Å². The largest absolute Gasteiger partial charge is 0.399 e. The monoisotopic (exact) mass is 245 g/mol. The topological polar surface area (TPSA) is 43.8 Å². The zero-order valence-electron chi connectivity index (χ0n) is 11.8. The summed E-state index contributed by atoms with van der Waals surface area (Å²) < 4.78 is 2.35. The van der Waals surface area contributed by atoms with Gasteiger partial charge in [0.05, 0.1) is 11.0 Å². The van der Waals surface area contributed by atoms with E-state index >= 15 is 0 Å². The number of unbranched alkanes of at least 4 members (excludes halogenated alkanes) is 1. The molecule has 0 aliphatic rings. The van der Waals surface area contributed by atoms with E-state index in [1.807, 2.05) is 12.1 Å². The molecule has 0 aliphatic carbocycles. The van der Waals surface area contributed by atoms with Crippen molar-refractivity contribution in [3.8, 4) is 0 Å². The summed E-state index contributed by atoms with van der Waals surface area (Å²) in [5, 5.41) is 0. The zero-order valence-corrected chi connectivity index (χ0v) is 11.8. The third-order valence-electron chi connectivity index (χ3n) is 3.18. The number of hydrogen-bond donors (Lipinski definition) is 1. The van der Waals surface area contributed by atoms with E-state index in [0.29, 0.717) is 0 Å². The lowest BCUT2D eigenvalue weighted by Crippen LogP contribution is -2.19. The lowest BCUT2D eigenvalue weighted by atomic mass is 9.95. The third kappa shape index (κ3) is 2.35. The molecule has 3 heteroatoms. The van der Waals surface area contributed by atoms with Gasteiger partial charge in [-0.3, -0.25) is 0 Å². The third-order valence-corrected chi connectivity index (χ3v) is 3.18. The fourth-order valence-corrected chi connectivity index (χ4v) is 2.26. The molecule has 98 valence electrons. The average Bonchev–Trinajstić information content (AvgIpc) is 2.63. The number of nitrogens with two attached hydrogens (primary N) is 1. The highest BCUT2D eigenvalue weighted by Gasteiger charge is 2.22. The quantitative estimate of drug-likeness (QED) is 0.838. The summed E-state index contributed by atoms with van der Waals surface area (Å²) >= 11 is 0. The van der Waals surface area contributed by atoms with Gasteiger partial charge >= 0.3 is 0 Å². The Balaban J connectivity index is 2.60. The summed E-state index contributed by atoms with van der Waals surface area (Å²) in [6.45, 7) is 9.87. The SMILES string of the molecule is CCCCn1c(C(C)(C)C)nc2cc(N)ccc21. The maximum Gasteiger partial charge on any atom is 0.115 e. The maximum absolute atomic E-state index is 5.84. The Morgan fingerprint density at radius 3 is 2.61 bits per heavy atom. The molecule has 0 saturated heterocycles. The normalized spacial score (nSPS) is 12.2. The lowest BCUT2D eigenvalue weighted by Gasteiger charge is -2.20. The molecule has 3 nitrogen and oxygen atoms in total. The van der Waals surface area contributed by atoms with Crippen molar-refractivity contribution in [2.45, 2.75) is 52.5 Å². The predicted molar refractivity (Wildman–Crippen MR) is 77.8 cm³/mol. The number of imidazole rings is 1. The molecular formula is C15H23N3. The summed E-state index contributed by atoms with van der Waals surface area (Å²) in [7, 11) is 0. The van der Waals surface area contributed by atoms with Crippen LogP contribution in [0.5, 0.6) is 0 Å². The van der Waals surface area contributed by atoms with Crippen LogP contribution >= 0.6 is 0 Å². The van der Waals surface area contributed by atoms with Crippen molar-refractivity contribution in [3.05, 3.63) is 24.0 Å². The van der Waals surface area contributed by atoms with Gasteiger partial charge in [-0.15, -0.1) is 0 Å². The van der Waals surface area contributed by atoms with Crippen LogP contribution in [0.15, 0.2) is 18.2 Å². The Morgan fingerprint density at radius 1 is 1.28 bits per heavy atom. The number of aryl methyl sites for hydroxylation is 1. The minimum Gasteiger partial charge on any atom is -0.399 e. The van der Waals surface area contributed by atoms with Crippen molar-refractivity contribution in [3.63, 3.8) is 0 Å². The second-order valence-electron chi connectivity index (χ2n) is 5.94. The number of nitrogen functional groups attached to an aromatic ring is 1. The fraction of sp³-hybridized carbons (Fsp3) is 0.533. The van der Waals surface area contributed by atoms with E-state index in [4.69, 9.17) is 10.7 Å². The number of benzene rings is 1. The fourth-order valence-electron chi connectivity index (χ4n) is 2.26. The summed E-state index contributed by atoms with van der Waals surface area (Å²) in [4.78, 5) is 4.78. The first kappa shape index (κ1) is 12.9. The van der Waals surface area contributed by atoms with Gasteiger partial charge in [0.1, 0.15) is 5.82 Å².